The van der Waals surface area contributed by atoms with E-state index in [4.69, 9.17) is 4.74 Å². The number of aromatic nitrogens is 3. The lowest BCUT2D eigenvalue weighted by Crippen LogP contribution is -2.27. The molecule has 0 unspecified atom stereocenters. The van der Waals surface area contributed by atoms with Gasteiger partial charge in [0, 0.05) is 6.54 Å². The highest BCUT2D eigenvalue weighted by atomic mass is 32.1. The molecule has 1 amide bonds. The summed E-state index contributed by atoms with van der Waals surface area (Å²) in [5.74, 6) is 0.494. The number of nitro groups is 1. The monoisotopic (exact) mass is 373 g/mol. The molecule has 0 aliphatic heterocycles. The van der Waals surface area contributed by atoms with Crippen molar-refractivity contribution in [3.05, 3.63) is 57.8 Å². The number of hydrogen-bond acceptors (Lipinski definition) is 7. The average molecular weight is 373 g/mol. The Bertz CT molecular complexity index is 905. The van der Waals surface area contributed by atoms with Crippen LogP contribution in [0.15, 0.2) is 42.2 Å². The van der Waals surface area contributed by atoms with E-state index in [2.05, 4.69) is 15.3 Å². The second-order valence-corrected chi connectivity index (χ2v) is 6.18. The van der Waals surface area contributed by atoms with Crippen LogP contribution in [0, 0.1) is 10.1 Å². The van der Waals surface area contributed by atoms with Crippen molar-refractivity contribution in [2.75, 3.05) is 7.11 Å². The van der Waals surface area contributed by atoms with Gasteiger partial charge in [-0.2, -0.15) is 0 Å². The molecule has 0 aliphatic rings. The molecule has 0 atom stereocenters. The number of benzene rings is 1. The number of nitrogens with zero attached hydrogens (tertiary/aromatic N) is 4. The zero-order valence-corrected chi connectivity index (χ0v) is 14.6. The fraction of sp³-hybridized carbons (Fsp3) is 0.188. The van der Waals surface area contributed by atoms with Gasteiger partial charge in [-0.05, 0) is 27.6 Å². The lowest BCUT2D eigenvalue weighted by molar-refractivity contribution is -0.389. The van der Waals surface area contributed by atoms with Crippen LogP contribution >= 0.6 is 11.3 Å². The third kappa shape index (κ3) is 4.03. The molecule has 1 aromatic carbocycles. The molecular formula is C16H15N5O4S. The third-order valence-corrected chi connectivity index (χ3v) is 4.34. The Morgan fingerprint density at radius 1 is 1.38 bits per heavy atom. The average Bonchev–Trinajstić information content (AvgIpc) is 3.30. The Kier molecular flexibility index (Phi) is 5.23. The largest absolute Gasteiger partial charge is 0.497 e. The van der Waals surface area contributed by atoms with Crippen molar-refractivity contribution >= 4 is 23.1 Å². The molecule has 3 rings (SSSR count). The van der Waals surface area contributed by atoms with E-state index in [1.807, 2.05) is 24.3 Å². The van der Waals surface area contributed by atoms with E-state index in [0.29, 0.717) is 17.2 Å². The summed E-state index contributed by atoms with van der Waals surface area (Å²) in [7, 11) is 1.59. The number of thiazole rings is 1. The highest BCUT2D eigenvalue weighted by molar-refractivity contribution is 7.13. The molecule has 0 spiro atoms. The van der Waals surface area contributed by atoms with Gasteiger partial charge in [0.2, 0.25) is 5.91 Å². The normalized spacial score (nSPS) is 10.5. The van der Waals surface area contributed by atoms with Crippen molar-refractivity contribution in [2.24, 2.45) is 0 Å². The van der Waals surface area contributed by atoms with Crippen molar-refractivity contribution in [1.82, 2.24) is 19.9 Å². The first-order valence-corrected chi connectivity index (χ1v) is 8.45. The van der Waals surface area contributed by atoms with Gasteiger partial charge < -0.3 is 20.2 Å². The zero-order valence-electron chi connectivity index (χ0n) is 13.8. The number of nitrogens with one attached hydrogen (secondary N) is 1. The van der Waals surface area contributed by atoms with E-state index in [1.54, 1.807) is 18.8 Å². The summed E-state index contributed by atoms with van der Waals surface area (Å²) in [6.07, 6.45) is 2.81. The molecule has 0 bridgehead atoms. The molecule has 2 heterocycles. The number of ether oxygens (including phenoxy) is 1. The molecule has 9 nitrogen and oxygen atoms in total. The van der Waals surface area contributed by atoms with E-state index >= 15 is 0 Å². The van der Waals surface area contributed by atoms with Gasteiger partial charge in [0.15, 0.2) is 0 Å². The van der Waals surface area contributed by atoms with Gasteiger partial charge in [-0.1, -0.05) is 12.1 Å². The van der Waals surface area contributed by atoms with Gasteiger partial charge in [-0.3, -0.25) is 14.3 Å². The van der Waals surface area contributed by atoms with E-state index in [9.17, 15) is 14.9 Å². The summed E-state index contributed by atoms with van der Waals surface area (Å²) in [5.41, 5.74) is 2.52. The zero-order chi connectivity index (χ0) is 18.5. The van der Waals surface area contributed by atoms with Crippen LogP contribution in [0.2, 0.25) is 0 Å². The summed E-state index contributed by atoms with van der Waals surface area (Å²) in [5, 5.41) is 13.8. The molecule has 1 N–H and O–H groups in total. The maximum atomic E-state index is 12.2. The first kappa shape index (κ1) is 17.5. The Morgan fingerprint density at radius 2 is 2.15 bits per heavy atom. The van der Waals surface area contributed by atoms with E-state index in [1.165, 1.54) is 22.1 Å². The molecule has 0 fully saturated rings. The number of carbonyl (C=O) groups is 1. The summed E-state index contributed by atoms with van der Waals surface area (Å²) in [6, 6.07) is 7.32. The summed E-state index contributed by atoms with van der Waals surface area (Å²) < 4.78 is 6.54. The quantitative estimate of drug-likeness (QED) is 0.502. The second kappa shape index (κ2) is 7.74. The van der Waals surface area contributed by atoms with Crippen molar-refractivity contribution in [3.8, 4) is 16.5 Å². The van der Waals surface area contributed by atoms with Gasteiger partial charge in [0.25, 0.3) is 5.82 Å². The standard InChI is InChI=1S/C16H15N5O4S/c1-25-12-4-2-11(3-5-12)6-18-15(22)9-20-8-14(21(23)24)19-16(20)13-7-17-10-26-13/h2-5,7-8,10H,6,9H2,1H3,(H,18,22). The van der Waals surface area contributed by atoms with E-state index in [0.717, 1.165) is 11.3 Å². The molecule has 0 aliphatic carbocycles. The van der Waals surface area contributed by atoms with Crippen LogP contribution in [0.5, 0.6) is 5.75 Å². The summed E-state index contributed by atoms with van der Waals surface area (Å²) in [4.78, 5) is 31.2. The smallest absolute Gasteiger partial charge is 0.382 e. The van der Waals surface area contributed by atoms with Crippen molar-refractivity contribution in [2.45, 2.75) is 13.1 Å². The Hall–Kier alpha value is -3.27. The molecule has 0 saturated carbocycles. The van der Waals surface area contributed by atoms with Crippen LogP contribution in [0.3, 0.4) is 0 Å². The molecular weight excluding hydrogens is 358 g/mol. The van der Waals surface area contributed by atoms with E-state index in [-0.39, 0.29) is 18.3 Å². The van der Waals surface area contributed by atoms with Crippen molar-refractivity contribution in [1.29, 1.82) is 0 Å². The van der Waals surface area contributed by atoms with Crippen LogP contribution in [0.1, 0.15) is 5.56 Å². The number of carbonyl (C=O) groups excluding carboxylic acids is 1. The van der Waals surface area contributed by atoms with Crippen LogP contribution in [0.25, 0.3) is 10.7 Å². The first-order valence-electron chi connectivity index (χ1n) is 7.57. The summed E-state index contributed by atoms with van der Waals surface area (Å²) in [6.45, 7) is 0.264. The SMILES string of the molecule is COc1ccc(CNC(=O)Cn2cc([N+](=O)[O-])nc2-c2cncs2)cc1. The number of hydrogen-bond donors (Lipinski definition) is 1. The van der Waals surface area contributed by atoms with Crippen LogP contribution < -0.4 is 10.1 Å². The van der Waals surface area contributed by atoms with Crippen molar-refractivity contribution in [3.63, 3.8) is 0 Å². The lowest BCUT2D eigenvalue weighted by Gasteiger charge is -2.07. The molecule has 2 aromatic heterocycles. The van der Waals surface area contributed by atoms with Crippen LogP contribution in [0.4, 0.5) is 5.82 Å². The molecule has 26 heavy (non-hydrogen) atoms. The fourth-order valence-corrected chi connectivity index (χ4v) is 2.91. The van der Waals surface area contributed by atoms with Gasteiger partial charge in [-0.25, -0.2) is 0 Å². The maximum Gasteiger partial charge on any atom is 0.382 e. The molecule has 0 saturated heterocycles. The lowest BCUT2D eigenvalue weighted by atomic mass is 10.2. The number of rotatable bonds is 7. The molecule has 0 radical (unpaired) electrons. The van der Waals surface area contributed by atoms with E-state index < -0.39 is 4.92 Å². The topological polar surface area (TPSA) is 112 Å². The molecule has 134 valence electrons. The minimum absolute atomic E-state index is 0.0791. The minimum Gasteiger partial charge on any atom is -0.497 e. The fourth-order valence-electron chi connectivity index (χ4n) is 2.29. The number of amides is 1. The van der Waals surface area contributed by atoms with Crippen LogP contribution in [-0.2, 0) is 17.9 Å². The Balaban J connectivity index is 1.69. The number of methoxy groups -OCH3 is 1. The first-order chi connectivity index (χ1) is 12.6. The van der Waals surface area contributed by atoms with Crippen LogP contribution in [-0.4, -0.2) is 32.5 Å². The van der Waals surface area contributed by atoms with Gasteiger partial charge in [0.1, 0.15) is 23.4 Å². The molecule has 3 aromatic rings. The highest BCUT2D eigenvalue weighted by Crippen LogP contribution is 2.25. The Labute approximate surface area is 152 Å². The maximum absolute atomic E-state index is 12.2. The third-order valence-electron chi connectivity index (χ3n) is 3.57. The van der Waals surface area contributed by atoms with Gasteiger partial charge in [0.05, 0.1) is 18.8 Å². The Morgan fingerprint density at radius 3 is 2.77 bits per heavy atom. The second-order valence-electron chi connectivity index (χ2n) is 5.30. The number of imidazole rings is 1. The predicted octanol–water partition coefficient (Wildman–Crippen LogP) is 2.24. The summed E-state index contributed by atoms with van der Waals surface area (Å²) >= 11 is 1.30. The minimum atomic E-state index is -0.587. The van der Waals surface area contributed by atoms with Crippen molar-refractivity contribution < 1.29 is 14.5 Å². The van der Waals surface area contributed by atoms with Gasteiger partial charge >= 0.3 is 5.82 Å². The predicted molar refractivity (Wildman–Crippen MR) is 94.8 cm³/mol. The highest BCUT2D eigenvalue weighted by Gasteiger charge is 2.22. The van der Waals surface area contributed by atoms with Gasteiger partial charge in [-0.15, -0.1) is 11.3 Å². The molecule has 10 heteroatoms.